The summed E-state index contributed by atoms with van der Waals surface area (Å²) in [4.78, 5) is 70.0. The van der Waals surface area contributed by atoms with Crippen LogP contribution < -0.4 is 31.7 Å². The van der Waals surface area contributed by atoms with E-state index in [1.807, 2.05) is 61.7 Å². The van der Waals surface area contributed by atoms with Crippen LogP contribution in [0.2, 0.25) is 36.3 Å². The number of pyridine rings is 2. The van der Waals surface area contributed by atoms with Gasteiger partial charge in [-0.05, 0) is 155 Å². The number of halogens is 9. The van der Waals surface area contributed by atoms with E-state index in [4.69, 9.17) is 40.4 Å². The lowest BCUT2D eigenvalue weighted by molar-refractivity contribution is -0.384. The SMILES string of the molecule is C1CCOC1.C=CC[C@@H](CO[Si](C)(C)C(C)(C)C)N(C)C(=O)NCc1cccc(F)c1F.C=CC[C@@H](CO[Si](C)(C)C(C)(C)C)NC.CN(Cc1cccc(F)c1F)[C@H](COC(=O)Nc1cc2ccccc2cn1)C[C@@H](O)CO.CN(Cc1cccc(F)c1F)[C@H](COC(=O)Nc1cc2ccccc2cn1)C[C@H](O)CO.NCc1cccc(F)c1F.O=C(Cl)Oc1ccc([N+](=O)[O-])cc1.S.S.S.S.S. The number of rotatable bonds is 35. The maximum absolute atomic E-state index is 14.0. The molecule has 0 bridgehead atoms. The number of ether oxygens (including phenoxy) is 4. The lowest BCUT2D eigenvalue weighted by Gasteiger charge is -2.38. The molecule has 6 atom stereocenters. The maximum Gasteiger partial charge on any atom is 0.412 e. The molecule has 4 amide bonds. The predicted molar refractivity (Wildman–Crippen MR) is 562 cm³/mol. The molecule has 774 valence electrons. The summed E-state index contributed by atoms with van der Waals surface area (Å²) in [5.74, 6) is -6.58. The molecule has 0 unspecified atom stereocenters. The fourth-order valence-electron chi connectivity index (χ4n) is 11.7. The Labute approximate surface area is 851 Å². The molecule has 1 saturated heterocycles. The standard InChI is InChI=1S/2C23H25F2N3O4.C20H32F2N2O2Si.C12H27NOSi.C7H4ClNO4.C7H7F2N.C4H8O.5H2S/c2*1-28(12-17-7-4-8-20(24)22(17)25)18(10-19(30)13-29)14-32-23(31)27-21-9-15-5-2-3-6-16(15)11-26-21;1-8-10-16(14-26-27(6,7)20(2,3)4)24(5)19(25)23-13-15-11-9-12-17(21)18(15)22;1-8-9-11(13-5)10-14-15(6,7)12(2,3)4;8-7(10)13-6-3-1-5(2-4-6)9(11)12;8-6-3-1-2-5(4-10)7(6)9;1-2-4-5-3-1;;;;;/h2*2-9,11,18-19,29-30H,10,12-14H2,1H3,(H,26,27,31);8-9,11-12,16H,1,10,13-14H2,2-7H3,(H,23,25);8,11,13H,1,9-10H2,2-7H3;1-4H;1-3H,4,10H2;1-4H2;5*1H2/t18-,19+;18-,19-;16-;11-;;;;;;;;/m0000......../s1. The Hall–Kier alpha value is -9.01. The van der Waals surface area contributed by atoms with Crippen LogP contribution in [0.1, 0.15) is 102 Å². The van der Waals surface area contributed by atoms with E-state index in [9.17, 15) is 84.8 Å². The maximum atomic E-state index is 14.0. The molecule has 0 spiro atoms. The van der Waals surface area contributed by atoms with Crippen molar-refractivity contribution in [2.24, 2.45) is 5.73 Å². The number of nitrogens with two attached hydrogens (primary N) is 1. The van der Waals surface area contributed by atoms with E-state index in [0.717, 1.165) is 72.1 Å². The number of aliphatic hydroxyl groups excluding tert-OH is 4. The van der Waals surface area contributed by atoms with Crippen LogP contribution in [0, 0.1) is 56.7 Å². The van der Waals surface area contributed by atoms with Crippen molar-refractivity contribution in [3.05, 3.63) is 274 Å². The number of amides is 4. The second-order valence-corrected chi connectivity index (χ2v) is 44.1. The highest BCUT2D eigenvalue weighted by atomic mass is 35.5. The van der Waals surface area contributed by atoms with E-state index < -0.39 is 123 Å². The van der Waals surface area contributed by atoms with Gasteiger partial charge in [-0.3, -0.25) is 30.5 Å². The molecule has 27 nitrogen and oxygen atoms in total. The Morgan fingerprint density at radius 1 is 0.554 bits per heavy atom. The number of nitro benzene ring substituents is 1. The van der Waals surface area contributed by atoms with Crippen LogP contribution in [-0.2, 0) is 49.2 Å². The fraction of sp³-hybridized carbons (Fsp3) is 0.417. The molecule has 0 saturated carbocycles. The predicted octanol–water partition coefficient (Wildman–Crippen LogP) is 20.0. The number of aromatic nitrogens is 2. The van der Waals surface area contributed by atoms with E-state index in [1.54, 1.807) is 61.5 Å². The minimum Gasteiger partial charge on any atom is -0.448 e. The number of hydrogen-bond donors (Lipinski definition) is 9. The quantitative estimate of drug-likeness (QED) is 0.00445. The van der Waals surface area contributed by atoms with Crippen molar-refractivity contribution in [3.8, 4) is 5.75 Å². The van der Waals surface area contributed by atoms with Gasteiger partial charge in [0.1, 0.15) is 30.6 Å². The number of carbonyl (C=O) groups excluding carboxylic acids is 4. The van der Waals surface area contributed by atoms with Crippen molar-refractivity contribution in [1.82, 2.24) is 35.3 Å². The minimum absolute atomic E-state index is 0. The highest BCUT2D eigenvalue weighted by Crippen LogP contribution is 2.38. The number of likely N-dealkylation sites (N-methyl/N-ethyl adjacent to an activating group) is 4. The zero-order chi connectivity index (χ0) is 100. The Kier molecular flexibility index (Phi) is 64.1. The average Bonchev–Trinajstić information content (AvgIpc) is 1.23. The monoisotopic (exact) mass is 2100 g/mol. The van der Waals surface area contributed by atoms with Gasteiger partial charge in [0, 0.05) is 140 Å². The summed E-state index contributed by atoms with van der Waals surface area (Å²) in [5.41, 5.74) is 4.63. The van der Waals surface area contributed by atoms with Crippen LogP contribution in [0.25, 0.3) is 21.5 Å². The lowest BCUT2D eigenvalue weighted by atomic mass is 10.1. The number of nitrogens with zero attached hydrogens (tertiary/aromatic N) is 6. The van der Waals surface area contributed by atoms with Crippen molar-refractivity contribution in [3.63, 3.8) is 0 Å². The fourth-order valence-corrected chi connectivity index (χ4v) is 13.9. The van der Waals surface area contributed by atoms with Gasteiger partial charge >= 0.3 is 23.6 Å². The summed E-state index contributed by atoms with van der Waals surface area (Å²) >= 11 is 4.92. The van der Waals surface area contributed by atoms with Crippen LogP contribution in [0.15, 0.2) is 195 Å². The van der Waals surface area contributed by atoms with Gasteiger partial charge in [0.25, 0.3) is 5.69 Å². The molecular weight excluding hydrogens is 1970 g/mol. The number of aliphatic hydroxyl groups is 4. The number of urea groups is 1. The van der Waals surface area contributed by atoms with Crippen LogP contribution in [0.5, 0.6) is 5.75 Å². The van der Waals surface area contributed by atoms with Gasteiger partial charge in [0.05, 0.1) is 43.0 Å². The molecule has 139 heavy (non-hydrogen) atoms. The minimum atomic E-state index is -1.95. The second kappa shape index (κ2) is 67.5. The first kappa shape index (κ1) is 132. The van der Waals surface area contributed by atoms with Gasteiger partial charge in [-0.1, -0.05) is 151 Å². The molecule has 3 heterocycles. The first-order valence-electron chi connectivity index (χ1n) is 43.1. The van der Waals surface area contributed by atoms with Gasteiger partial charge in [0.15, 0.2) is 63.2 Å². The molecule has 10 rings (SSSR count). The molecule has 2 aromatic heterocycles. The normalized spacial score (nSPS) is 12.7. The van der Waals surface area contributed by atoms with Crippen LogP contribution in [0.3, 0.4) is 0 Å². The highest BCUT2D eigenvalue weighted by molar-refractivity contribution is 7.60. The number of nitrogens with one attached hydrogen (secondary N) is 4. The molecule has 10 N–H and O–H groups in total. The number of hydrogen-bond acceptors (Lipinski definition) is 22. The molecular formula is C96H138ClF8N11O16S5Si2. The topological polar surface area (TPSA) is 357 Å². The zero-order valence-electron chi connectivity index (χ0n) is 80.8. The van der Waals surface area contributed by atoms with Crippen molar-refractivity contribution < 1.29 is 107 Å². The van der Waals surface area contributed by atoms with Gasteiger partial charge in [-0.25, -0.2) is 64.3 Å². The molecule has 0 aliphatic carbocycles. The highest BCUT2D eigenvalue weighted by Gasteiger charge is 2.39. The third-order valence-corrected chi connectivity index (χ3v) is 31.1. The third-order valence-electron chi connectivity index (χ3n) is 22.0. The van der Waals surface area contributed by atoms with Gasteiger partial charge in [-0.15, -0.1) is 13.2 Å². The van der Waals surface area contributed by atoms with Gasteiger partial charge in [-0.2, -0.15) is 67.5 Å². The van der Waals surface area contributed by atoms with Crippen LogP contribution >= 0.6 is 79.1 Å². The Morgan fingerprint density at radius 2 is 0.928 bits per heavy atom. The number of carbonyl (C=O) groups is 4. The van der Waals surface area contributed by atoms with Crippen molar-refractivity contribution >= 4 is 158 Å². The lowest BCUT2D eigenvalue weighted by Crippen LogP contribution is -2.49. The zero-order valence-corrected chi connectivity index (χ0v) is 88.5. The Morgan fingerprint density at radius 3 is 1.27 bits per heavy atom. The van der Waals surface area contributed by atoms with E-state index in [0.29, 0.717) is 35.7 Å². The molecule has 43 heteroatoms. The van der Waals surface area contributed by atoms with Crippen molar-refractivity contribution in [2.75, 3.05) is 91.7 Å². The van der Waals surface area contributed by atoms with Crippen LogP contribution in [-0.4, -0.2) is 208 Å². The van der Waals surface area contributed by atoms with E-state index in [2.05, 4.69) is 117 Å². The summed E-state index contributed by atoms with van der Waals surface area (Å²) < 4.78 is 139. The smallest absolute Gasteiger partial charge is 0.412 e. The molecule has 0 radical (unpaired) electrons. The Bertz CT molecular complexity index is 5010. The van der Waals surface area contributed by atoms with Crippen LogP contribution in [0.4, 0.5) is 71.6 Å². The summed E-state index contributed by atoms with van der Waals surface area (Å²) in [6.07, 6.45) is 7.55. The molecule has 1 aliphatic rings. The molecule has 7 aromatic carbocycles. The van der Waals surface area contributed by atoms with Gasteiger partial charge < -0.3 is 69.5 Å². The second-order valence-electron chi connectivity index (χ2n) is 34.1. The largest absolute Gasteiger partial charge is 0.448 e. The van der Waals surface area contributed by atoms with E-state index in [-0.39, 0.29) is 171 Å². The van der Waals surface area contributed by atoms with Gasteiger partial charge in [0.2, 0.25) is 0 Å². The van der Waals surface area contributed by atoms with Crippen molar-refractivity contribution in [1.29, 1.82) is 0 Å². The number of non-ortho nitro benzene ring substituents is 1. The average molecular weight is 2110 g/mol. The number of anilines is 2. The van der Waals surface area contributed by atoms with E-state index in [1.165, 1.54) is 90.5 Å². The molecule has 1 aliphatic heterocycles. The summed E-state index contributed by atoms with van der Waals surface area (Å²) in [7, 11) is 3.37. The Balaban J connectivity index is 0. The third kappa shape index (κ3) is 47.6. The summed E-state index contributed by atoms with van der Waals surface area (Å²) in [6, 6.07) is 37.9. The number of benzene rings is 7. The molecule has 9 aromatic rings. The molecule has 1 fully saturated rings. The first-order valence-corrected chi connectivity index (χ1v) is 49.3. The summed E-state index contributed by atoms with van der Waals surface area (Å²) in [6.45, 7) is 31.6. The van der Waals surface area contributed by atoms with E-state index >= 15 is 0 Å². The number of fused-ring (bicyclic) bond motifs is 2. The number of nitro groups is 1. The first-order chi connectivity index (χ1) is 63.2. The van der Waals surface area contributed by atoms with Crippen molar-refractivity contribution in [2.45, 2.75) is 179 Å². The summed E-state index contributed by atoms with van der Waals surface area (Å²) in [5, 5.41) is 63.3.